The second-order valence-corrected chi connectivity index (χ2v) is 5.53. The molecule has 7 heteroatoms. The number of amides is 2. The molecule has 0 saturated carbocycles. The van der Waals surface area contributed by atoms with Crippen LogP contribution in [0.4, 0.5) is 11.4 Å². The van der Waals surface area contributed by atoms with Crippen LogP contribution in [0.15, 0.2) is 53.3 Å². The Kier molecular flexibility index (Phi) is 4.30. The lowest BCUT2D eigenvalue weighted by atomic mass is 10.2. The molecular weight excluding hydrogens is 320 g/mol. The number of para-hydroxylation sites is 1. The standard InChI is InChI=1S/C18H16N4O3/c1-11(23)19-12-7-9-13(10-8-12)20-18(25)16-17(24)14-5-3-4-6-15(14)22(2)21-16/h3-10H,1-2H3,(H,19,23)(H,20,25). The average Bonchev–Trinajstić information content (AvgIpc) is 2.59. The lowest BCUT2D eigenvalue weighted by Gasteiger charge is -2.09. The second-order valence-electron chi connectivity index (χ2n) is 5.53. The van der Waals surface area contributed by atoms with E-state index >= 15 is 0 Å². The number of carbonyl (C=O) groups is 2. The molecule has 0 atom stereocenters. The van der Waals surface area contributed by atoms with Gasteiger partial charge in [-0.05, 0) is 36.4 Å². The van der Waals surface area contributed by atoms with Crippen LogP contribution in [0.5, 0.6) is 0 Å². The Morgan fingerprint density at radius 1 is 0.960 bits per heavy atom. The zero-order chi connectivity index (χ0) is 18.0. The Balaban J connectivity index is 1.89. The zero-order valence-corrected chi connectivity index (χ0v) is 13.7. The summed E-state index contributed by atoms with van der Waals surface area (Å²) in [4.78, 5) is 36.0. The molecule has 0 radical (unpaired) electrons. The van der Waals surface area contributed by atoms with Crippen molar-refractivity contribution in [2.75, 3.05) is 10.6 Å². The minimum atomic E-state index is -0.585. The summed E-state index contributed by atoms with van der Waals surface area (Å²) in [5.41, 5.74) is 1.18. The van der Waals surface area contributed by atoms with Gasteiger partial charge >= 0.3 is 0 Å². The number of aryl methyl sites for hydroxylation is 1. The van der Waals surface area contributed by atoms with Crippen LogP contribution in [-0.2, 0) is 11.8 Å². The molecule has 126 valence electrons. The first-order valence-electron chi connectivity index (χ1n) is 7.61. The van der Waals surface area contributed by atoms with Gasteiger partial charge in [0.25, 0.3) is 5.91 Å². The second kappa shape index (κ2) is 6.56. The van der Waals surface area contributed by atoms with Crippen molar-refractivity contribution in [1.82, 2.24) is 9.78 Å². The summed E-state index contributed by atoms with van der Waals surface area (Å²) in [5.74, 6) is -0.765. The highest BCUT2D eigenvalue weighted by Gasteiger charge is 2.16. The zero-order valence-electron chi connectivity index (χ0n) is 13.7. The van der Waals surface area contributed by atoms with E-state index in [1.54, 1.807) is 55.6 Å². The predicted molar refractivity (Wildman–Crippen MR) is 95.7 cm³/mol. The predicted octanol–water partition coefficient (Wildman–Crippen LogP) is 2.14. The number of rotatable bonds is 3. The van der Waals surface area contributed by atoms with Crippen molar-refractivity contribution in [3.05, 3.63) is 64.4 Å². The van der Waals surface area contributed by atoms with Crippen molar-refractivity contribution in [3.63, 3.8) is 0 Å². The van der Waals surface area contributed by atoms with E-state index in [1.165, 1.54) is 11.6 Å². The van der Waals surface area contributed by atoms with Gasteiger partial charge < -0.3 is 10.6 Å². The fourth-order valence-electron chi connectivity index (χ4n) is 2.50. The van der Waals surface area contributed by atoms with Crippen LogP contribution in [0.1, 0.15) is 17.4 Å². The van der Waals surface area contributed by atoms with Gasteiger partial charge in [0, 0.05) is 30.7 Å². The molecule has 0 saturated heterocycles. The SMILES string of the molecule is CC(=O)Nc1ccc(NC(=O)c2nn(C)c3ccccc3c2=O)cc1. The average molecular weight is 336 g/mol. The molecule has 25 heavy (non-hydrogen) atoms. The quantitative estimate of drug-likeness (QED) is 0.766. The third-order valence-corrected chi connectivity index (χ3v) is 3.64. The number of aromatic nitrogens is 2. The van der Waals surface area contributed by atoms with E-state index < -0.39 is 11.3 Å². The summed E-state index contributed by atoms with van der Waals surface area (Å²) in [5, 5.41) is 9.81. The van der Waals surface area contributed by atoms with Gasteiger partial charge in [-0.25, -0.2) is 0 Å². The highest BCUT2D eigenvalue weighted by Crippen LogP contribution is 2.14. The number of nitrogens with zero attached hydrogens (tertiary/aromatic N) is 2. The fourth-order valence-corrected chi connectivity index (χ4v) is 2.50. The van der Waals surface area contributed by atoms with Crippen LogP contribution in [0.2, 0.25) is 0 Å². The molecule has 0 aliphatic carbocycles. The number of benzene rings is 2. The maximum Gasteiger partial charge on any atom is 0.280 e. The van der Waals surface area contributed by atoms with Crippen LogP contribution in [0.3, 0.4) is 0 Å². The largest absolute Gasteiger partial charge is 0.326 e. The molecule has 0 bridgehead atoms. The Labute approximate surface area is 143 Å². The van der Waals surface area contributed by atoms with Crippen molar-refractivity contribution < 1.29 is 9.59 Å². The lowest BCUT2D eigenvalue weighted by molar-refractivity contribution is -0.114. The van der Waals surface area contributed by atoms with Crippen molar-refractivity contribution >= 4 is 34.1 Å². The number of carbonyl (C=O) groups excluding carboxylic acids is 2. The van der Waals surface area contributed by atoms with Gasteiger partial charge in [-0.15, -0.1) is 0 Å². The van der Waals surface area contributed by atoms with E-state index in [0.29, 0.717) is 22.3 Å². The summed E-state index contributed by atoms with van der Waals surface area (Å²) in [7, 11) is 1.68. The minimum absolute atomic E-state index is 0.174. The molecule has 0 spiro atoms. The van der Waals surface area contributed by atoms with Crippen LogP contribution in [-0.4, -0.2) is 21.6 Å². The molecule has 3 rings (SSSR count). The molecule has 2 amide bonds. The monoisotopic (exact) mass is 336 g/mol. The first kappa shape index (κ1) is 16.4. The smallest absolute Gasteiger partial charge is 0.280 e. The normalized spacial score (nSPS) is 10.5. The molecule has 0 aliphatic heterocycles. The lowest BCUT2D eigenvalue weighted by Crippen LogP contribution is -2.26. The Bertz CT molecular complexity index is 1020. The highest BCUT2D eigenvalue weighted by molar-refractivity contribution is 6.04. The van der Waals surface area contributed by atoms with Crippen molar-refractivity contribution in [1.29, 1.82) is 0 Å². The van der Waals surface area contributed by atoms with Gasteiger partial charge in [0.2, 0.25) is 11.3 Å². The van der Waals surface area contributed by atoms with Crippen LogP contribution in [0, 0.1) is 0 Å². The molecule has 2 N–H and O–H groups in total. The molecule has 0 unspecified atom stereocenters. The van der Waals surface area contributed by atoms with Gasteiger partial charge in [-0.2, -0.15) is 5.10 Å². The molecule has 7 nitrogen and oxygen atoms in total. The summed E-state index contributed by atoms with van der Waals surface area (Å²) < 4.78 is 1.51. The Hall–Kier alpha value is -3.48. The maximum absolute atomic E-state index is 12.5. The summed E-state index contributed by atoms with van der Waals surface area (Å²) in [6.07, 6.45) is 0. The van der Waals surface area contributed by atoms with Gasteiger partial charge in [-0.1, -0.05) is 12.1 Å². The molecular formula is C18H16N4O3. The number of hydrogen-bond acceptors (Lipinski definition) is 4. The third-order valence-electron chi connectivity index (χ3n) is 3.64. The van der Waals surface area contributed by atoms with Crippen LogP contribution >= 0.6 is 0 Å². The summed E-state index contributed by atoms with van der Waals surface area (Å²) in [6.45, 7) is 1.41. The van der Waals surface area contributed by atoms with Crippen molar-refractivity contribution in [2.24, 2.45) is 7.05 Å². The van der Waals surface area contributed by atoms with E-state index in [2.05, 4.69) is 15.7 Å². The minimum Gasteiger partial charge on any atom is -0.326 e. The molecule has 3 aromatic rings. The van der Waals surface area contributed by atoms with Crippen molar-refractivity contribution in [3.8, 4) is 0 Å². The summed E-state index contributed by atoms with van der Waals surface area (Å²) >= 11 is 0. The molecule has 1 heterocycles. The Morgan fingerprint density at radius 2 is 1.56 bits per heavy atom. The van der Waals surface area contributed by atoms with Crippen LogP contribution in [0.25, 0.3) is 10.9 Å². The first-order chi connectivity index (χ1) is 12.0. The topological polar surface area (TPSA) is 93.1 Å². The van der Waals surface area contributed by atoms with Gasteiger partial charge in [-0.3, -0.25) is 19.1 Å². The summed E-state index contributed by atoms with van der Waals surface area (Å²) in [6, 6.07) is 13.6. The highest BCUT2D eigenvalue weighted by atomic mass is 16.2. The number of fused-ring (bicyclic) bond motifs is 1. The molecule has 0 fully saturated rings. The number of nitrogens with one attached hydrogen (secondary N) is 2. The number of hydrogen-bond donors (Lipinski definition) is 2. The number of anilines is 2. The van der Waals surface area contributed by atoms with Gasteiger partial charge in [0.15, 0.2) is 5.69 Å². The van der Waals surface area contributed by atoms with Gasteiger partial charge in [0.05, 0.1) is 5.52 Å². The van der Waals surface area contributed by atoms with E-state index in [0.717, 1.165) is 0 Å². The van der Waals surface area contributed by atoms with E-state index in [1.807, 2.05) is 0 Å². The first-order valence-corrected chi connectivity index (χ1v) is 7.61. The fraction of sp³-hybridized carbons (Fsp3) is 0.111. The Morgan fingerprint density at radius 3 is 2.20 bits per heavy atom. The van der Waals surface area contributed by atoms with E-state index in [4.69, 9.17) is 0 Å². The molecule has 1 aromatic heterocycles. The van der Waals surface area contributed by atoms with Crippen molar-refractivity contribution in [2.45, 2.75) is 6.92 Å². The van der Waals surface area contributed by atoms with E-state index in [9.17, 15) is 14.4 Å². The van der Waals surface area contributed by atoms with Gasteiger partial charge in [0.1, 0.15) is 0 Å². The van der Waals surface area contributed by atoms with Crippen LogP contribution < -0.4 is 16.1 Å². The van der Waals surface area contributed by atoms with E-state index in [-0.39, 0.29) is 11.6 Å². The maximum atomic E-state index is 12.5. The molecule has 0 aliphatic rings. The molecule has 2 aromatic carbocycles. The third kappa shape index (κ3) is 3.40.